The van der Waals surface area contributed by atoms with Crippen LogP contribution in [0.5, 0.6) is 5.75 Å². The van der Waals surface area contributed by atoms with Crippen molar-refractivity contribution in [3.8, 4) is 5.75 Å². The molecule has 0 aliphatic carbocycles. The average Bonchev–Trinajstić information content (AvgIpc) is 2.85. The highest BCUT2D eigenvalue weighted by Gasteiger charge is 2.22. The summed E-state index contributed by atoms with van der Waals surface area (Å²) < 4.78 is 10.6. The highest BCUT2D eigenvalue weighted by Crippen LogP contribution is 2.27. The Kier molecular flexibility index (Phi) is 3.74. The summed E-state index contributed by atoms with van der Waals surface area (Å²) in [6, 6.07) is 6.01. The molecule has 2 unspecified atom stereocenters. The number of benzene rings is 1. The lowest BCUT2D eigenvalue weighted by Crippen LogP contribution is -2.26. The third kappa shape index (κ3) is 2.82. The molecule has 2 rings (SSSR count). The zero-order valence-electron chi connectivity index (χ0n) is 10.4. The van der Waals surface area contributed by atoms with Crippen molar-refractivity contribution in [1.29, 1.82) is 0 Å². The summed E-state index contributed by atoms with van der Waals surface area (Å²) in [4.78, 5) is 0. The van der Waals surface area contributed by atoms with E-state index in [0.29, 0.717) is 12.0 Å². The van der Waals surface area contributed by atoms with Gasteiger partial charge in [0.2, 0.25) is 0 Å². The van der Waals surface area contributed by atoms with E-state index in [4.69, 9.17) is 15.2 Å². The van der Waals surface area contributed by atoms with Crippen molar-refractivity contribution < 1.29 is 9.47 Å². The van der Waals surface area contributed by atoms with E-state index in [1.165, 1.54) is 0 Å². The number of nitrogens with two attached hydrogens (primary N) is 1. The van der Waals surface area contributed by atoms with E-state index in [-0.39, 0.29) is 0 Å². The van der Waals surface area contributed by atoms with Crippen LogP contribution in [0.2, 0.25) is 0 Å². The molecule has 1 aliphatic rings. The highest BCUT2D eigenvalue weighted by molar-refractivity contribution is 5.68. The van der Waals surface area contributed by atoms with Crippen molar-refractivity contribution in [3.05, 3.63) is 18.2 Å². The minimum atomic E-state index is 0.354. The summed E-state index contributed by atoms with van der Waals surface area (Å²) in [5.41, 5.74) is 7.62. The fourth-order valence-corrected chi connectivity index (χ4v) is 2.10. The first-order valence-corrected chi connectivity index (χ1v) is 5.98. The number of anilines is 2. The molecule has 4 heteroatoms. The van der Waals surface area contributed by atoms with Crippen LogP contribution in [0.15, 0.2) is 18.2 Å². The van der Waals surface area contributed by atoms with Gasteiger partial charge in [0.25, 0.3) is 0 Å². The van der Waals surface area contributed by atoms with Crippen LogP contribution in [0, 0.1) is 5.92 Å². The first-order chi connectivity index (χ1) is 8.20. The molecule has 0 spiro atoms. The molecule has 94 valence electrons. The maximum atomic E-state index is 5.94. The van der Waals surface area contributed by atoms with Crippen molar-refractivity contribution in [2.24, 2.45) is 5.92 Å². The maximum absolute atomic E-state index is 5.94. The molecule has 1 aliphatic heterocycles. The van der Waals surface area contributed by atoms with Crippen molar-refractivity contribution >= 4 is 11.4 Å². The Balaban J connectivity index is 2.06. The lowest BCUT2D eigenvalue weighted by atomic mass is 10.0. The lowest BCUT2D eigenvalue weighted by Gasteiger charge is -2.21. The average molecular weight is 236 g/mol. The molecule has 1 aromatic rings. The van der Waals surface area contributed by atoms with Crippen LogP contribution in [0.25, 0.3) is 0 Å². The molecule has 0 saturated carbocycles. The lowest BCUT2D eigenvalue weighted by molar-refractivity contribution is 0.183. The Morgan fingerprint density at radius 3 is 3.00 bits per heavy atom. The summed E-state index contributed by atoms with van der Waals surface area (Å²) in [5.74, 6) is 1.37. The van der Waals surface area contributed by atoms with Crippen molar-refractivity contribution in [2.75, 3.05) is 31.4 Å². The maximum Gasteiger partial charge on any atom is 0.121 e. The second-order valence-electron chi connectivity index (χ2n) is 4.51. The van der Waals surface area contributed by atoms with E-state index >= 15 is 0 Å². The molecule has 2 atom stereocenters. The third-order valence-corrected chi connectivity index (χ3v) is 3.32. The van der Waals surface area contributed by atoms with Gasteiger partial charge in [-0.3, -0.25) is 0 Å². The van der Waals surface area contributed by atoms with E-state index in [1.54, 1.807) is 7.11 Å². The number of hydrogen-bond acceptors (Lipinski definition) is 4. The van der Waals surface area contributed by atoms with Gasteiger partial charge in [-0.1, -0.05) is 0 Å². The second-order valence-corrected chi connectivity index (χ2v) is 4.51. The molecule has 1 fully saturated rings. The predicted molar refractivity (Wildman–Crippen MR) is 69.4 cm³/mol. The summed E-state index contributed by atoms with van der Waals surface area (Å²) in [6.45, 7) is 3.86. The zero-order chi connectivity index (χ0) is 12.3. The van der Waals surface area contributed by atoms with Crippen LogP contribution in [0.1, 0.15) is 13.3 Å². The van der Waals surface area contributed by atoms with Gasteiger partial charge in [0.05, 0.1) is 25.1 Å². The van der Waals surface area contributed by atoms with Crippen LogP contribution in [-0.4, -0.2) is 26.4 Å². The number of rotatable bonds is 4. The third-order valence-electron chi connectivity index (χ3n) is 3.32. The SMILES string of the molecule is COc1ccc(N)c(NC(C)C2CCOC2)c1. The number of ether oxygens (including phenoxy) is 2. The molecule has 1 heterocycles. The molecule has 1 aromatic carbocycles. The van der Waals surface area contributed by atoms with Gasteiger partial charge < -0.3 is 20.5 Å². The van der Waals surface area contributed by atoms with Gasteiger partial charge in [-0.25, -0.2) is 0 Å². The largest absolute Gasteiger partial charge is 0.497 e. The normalized spacial score (nSPS) is 21.2. The molecule has 4 nitrogen and oxygen atoms in total. The number of nitrogen functional groups attached to an aromatic ring is 1. The number of nitrogens with one attached hydrogen (secondary N) is 1. The molecule has 0 aromatic heterocycles. The fourth-order valence-electron chi connectivity index (χ4n) is 2.10. The van der Waals surface area contributed by atoms with E-state index in [2.05, 4.69) is 12.2 Å². The first-order valence-electron chi connectivity index (χ1n) is 5.98. The van der Waals surface area contributed by atoms with Gasteiger partial charge in [-0.05, 0) is 25.5 Å². The van der Waals surface area contributed by atoms with E-state index in [1.807, 2.05) is 18.2 Å². The Morgan fingerprint density at radius 1 is 1.53 bits per heavy atom. The van der Waals surface area contributed by atoms with Crippen LogP contribution in [-0.2, 0) is 4.74 Å². The second kappa shape index (κ2) is 5.27. The molecule has 3 N–H and O–H groups in total. The Labute approximate surface area is 102 Å². The Hall–Kier alpha value is -1.42. The minimum absolute atomic E-state index is 0.354. The van der Waals surface area contributed by atoms with Crippen LogP contribution < -0.4 is 15.8 Å². The quantitative estimate of drug-likeness (QED) is 0.786. The molecular formula is C13H20N2O2. The van der Waals surface area contributed by atoms with Crippen LogP contribution in [0.4, 0.5) is 11.4 Å². The van der Waals surface area contributed by atoms with Crippen molar-refractivity contribution in [3.63, 3.8) is 0 Å². The minimum Gasteiger partial charge on any atom is -0.497 e. The first kappa shape index (κ1) is 12.0. The number of hydrogen-bond donors (Lipinski definition) is 2. The van der Waals surface area contributed by atoms with Crippen LogP contribution >= 0.6 is 0 Å². The Morgan fingerprint density at radius 2 is 2.35 bits per heavy atom. The van der Waals surface area contributed by atoms with Crippen molar-refractivity contribution in [2.45, 2.75) is 19.4 Å². The van der Waals surface area contributed by atoms with Gasteiger partial charge in [0.15, 0.2) is 0 Å². The Bertz CT molecular complexity index is 376. The summed E-state index contributed by atoms with van der Waals surface area (Å²) in [7, 11) is 1.66. The zero-order valence-corrected chi connectivity index (χ0v) is 10.4. The van der Waals surface area contributed by atoms with Crippen LogP contribution in [0.3, 0.4) is 0 Å². The van der Waals surface area contributed by atoms with Crippen molar-refractivity contribution in [1.82, 2.24) is 0 Å². The molecular weight excluding hydrogens is 216 g/mol. The summed E-state index contributed by atoms with van der Waals surface area (Å²) >= 11 is 0. The van der Waals surface area contributed by atoms with Gasteiger partial charge in [-0.15, -0.1) is 0 Å². The van der Waals surface area contributed by atoms with E-state index in [0.717, 1.165) is 36.8 Å². The van der Waals surface area contributed by atoms with Gasteiger partial charge in [0, 0.05) is 24.6 Å². The number of methoxy groups -OCH3 is 1. The van der Waals surface area contributed by atoms with E-state index < -0.39 is 0 Å². The summed E-state index contributed by atoms with van der Waals surface area (Å²) in [5, 5.41) is 3.44. The smallest absolute Gasteiger partial charge is 0.121 e. The molecule has 17 heavy (non-hydrogen) atoms. The fraction of sp³-hybridized carbons (Fsp3) is 0.538. The molecule has 0 bridgehead atoms. The van der Waals surface area contributed by atoms with Gasteiger partial charge in [-0.2, -0.15) is 0 Å². The topological polar surface area (TPSA) is 56.5 Å². The highest BCUT2D eigenvalue weighted by atomic mass is 16.5. The van der Waals surface area contributed by atoms with Gasteiger partial charge >= 0.3 is 0 Å². The molecule has 0 amide bonds. The van der Waals surface area contributed by atoms with Gasteiger partial charge in [0.1, 0.15) is 5.75 Å². The standard InChI is InChI=1S/C13H20N2O2/c1-9(10-5-6-17-8-10)15-13-7-11(16-2)3-4-12(13)14/h3-4,7,9-10,15H,5-6,8,14H2,1-2H3. The molecule has 1 saturated heterocycles. The molecule has 0 radical (unpaired) electrons. The summed E-state index contributed by atoms with van der Waals surface area (Å²) in [6.07, 6.45) is 1.11. The monoisotopic (exact) mass is 236 g/mol. The predicted octanol–water partition coefficient (Wildman–Crippen LogP) is 2.11. The van der Waals surface area contributed by atoms with E-state index in [9.17, 15) is 0 Å².